The van der Waals surface area contributed by atoms with Crippen LogP contribution in [0.1, 0.15) is 25.7 Å². The SMILES string of the molecule is CN1CCC(CNC2CCCC2S(C)(=O)=O)C1. The Morgan fingerprint density at radius 1 is 1.29 bits per heavy atom. The highest BCUT2D eigenvalue weighted by Gasteiger charge is 2.34. The molecule has 0 aromatic carbocycles. The van der Waals surface area contributed by atoms with Gasteiger partial charge in [0.25, 0.3) is 0 Å². The van der Waals surface area contributed by atoms with Crippen molar-refractivity contribution in [3.8, 4) is 0 Å². The van der Waals surface area contributed by atoms with Gasteiger partial charge in [0.2, 0.25) is 0 Å². The molecule has 2 fully saturated rings. The molecule has 1 saturated carbocycles. The number of nitrogens with zero attached hydrogens (tertiary/aromatic N) is 1. The predicted molar refractivity (Wildman–Crippen MR) is 69.9 cm³/mol. The van der Waals surface area contributed by atoms with Crippen molar-refractivity contribution in [2.45, 2.75) is 37.0 Å². The number of nitrogens with one attached hydrogen (secondary N) is 1. The molecule has 0 bridgehead atoms. The lowest BCUT2D eigenvalue weighted by molar-refractivity contribution is 0.378. The molecule has 3 unspecified atom stereocenters. The summed E-state index contributed by atoms with van der Waals surface area (Å²) >= 11 is 0. The predicted octanol–water partition coefficient (Wildman–Crippen LogP) is 0.493. The standard InChI is InChI=1S/C12H24N2O2S/c1-14-7-6-10(9-14)8-13-11-4-3-5-12(11)17(2,15)16/h10-13H,3-9H2,1-2H3. The van der Waals surface area contributed by atoms with Gasteiger partial charge in [-0.3, -0.25) is 0 Å². The summed E-state index contributed by atoms with van der Waals surface area (Å²) in [4.78, 5) is 2.34. The highest BCUT2D eigenvalue weighted by molar-refractivity contribution is 7.91. The molecular formula is C12H24N2O2S. The molecule has 0 aromatic rings. The van der Waals surface area contributed by atoms with Crippen molar-refractivity contribution in [2.24, 2.45) is 5.92 Å². The Hall–Kier alpha value is -0.130. The van der Waals surface area contributed by atoms with Gasteiger partial charge in [0.1, 0.15) is 0 Å². The first-order valence-electron chi connectivity index (χ1n) is 6.57. The Labute approximate surface area is 105 Å². The van der Waals surface area contributed by atoms with Crippen molar-refractivity contribution in [1.29, 1.82) is 0 Å². The average Bonchev–Trinajstić information content (AvgIpc) is 2.81. The summed E-state index contributed by atoms with van der Waals surface area (Å²) in [5.74, 6) is 0.695. The topological polar surface area (TPSA) is 49.4 Å². The van der Waals surface area contributed by atoms with Crippen LogP contribution in [0.25, 0.3) is 0 Å². The molecule has 1 heterocycles. The molecule has 1 aliphatic heterocycles. The van der Waals surface area contributed by atoms with Gasteiger partial charge in [-0.25, -0.2) is 8.42 Å². The Morgan fingerprint density at radius 3 is 2.65 bits per heavy atom. The third kappa shape index (κ3) is 3.42. The van der Waals surface area contributed by atoms with Crippen LogP contribution >= 0.6 is 0 Å². The molecule has 1 N–H and O–H groups in total. The van der Waals surface area contributed by atoms with E-state index in [-0.39, 0.29) is 11.3 Å². The molecular weight excluding hydrogens is 236 g/mol. The number of hydrogen-bond donors (Lipinski definition) is 1. The zero-order valence-corrected chi connectivity index (χ0v) is 11.7. The van der Waals surface area contributed by atoms with Crippen molar-refractivity contribution >= 4 is 9.84 Å². The Morgan fingerprint density at radius 2 is 2.06 bits per heavy atom. The van der Waals surface area contributed by atoms with Crippen LogP contribution in [0, 0.1) is 5.92 Å². The maximum absolute atomic E-state index is 11.6. The normalized spacial score (nSPS) is 35.5. The number of sulfone groups is 1. The third-order valence-corrected chi connectivity index (χ3v) is 5.82. The third-order valence-electron chi connectivity index (χ3n) is 4.16. The maximum Gasteiger partial charge on any atom is 0.151 e. The highest BCUT2D eigenvalue weighted by Crippen LogP contribution is 2.25. The van der Waals surface area contributed by atoms with Crippen LogP contribution in [-0.4, -0.2) is 57.5 Å². The summed E-state index contributed by atoms with van der Waals surface area (Å²) in [7, 11) is -0.733. The van der Waals surface area contributed by atoms with Crippen LogP contribution in [0.15, 0.2) is 0 Å². The van der Waals surface area contributed by atoms with Gasteiger partial charge in [0.15, 0.2) is 9.84 Å². The van der Waals surface area contributed by atoms with E-state index in [2.05, 4.69) is 17.3 Å². The Bertz CT molecular complexity index is 356. The van der Waals surface area contributed by atoms with Crippen molar-refractivity contribution in [2.75, 3.05) is 32.9 Å². The van der Waals surface area contributed by atoms with Gasteiger partial charge in [0, 0.05) is 18.8 Å². The smallest absolute Gasteiger partial charge is 0.151 e. The van der Waals surface area contributed by atoms with Crippen molar-refractivity contribution in [3.63, 3.8) is 0 Å². The van der Waals surface area contributed by atoms with Gasteiger partial charge in [-0.2, -0.15) is 0 Å². The lowest BCUT2D eigenvalue weighted by atomic mass is 10.1. The largest absolute Gasteiger partial charge is 0.312 e. The second-order valence-electron chi connectivity index (χ2n) is 5.73. The van der Waals surface area contributed by atoms with Gasteiger partial charge in [-0.1, -0.05) is 6.42 Å². The van der Waals surface area contributed by atoms with Crippen LogP contribution < -0.4 is 5.32 Å². The number of hydrogen-bond acceptors (Lipinski definition) is 4. The fourth-order valence-electron chi connectivity index (χ4n) is 3.18. The van der Waals surface area contributed by atoms with E-state index in [1.807, 2.05) is 0 Å². The summed E-state index contributed by atoms with van der Waals surface area (Å²) in [6.07, 6.45) is 5.50. The van der Waals surface area contributed by atoms with Crippen LogP contribution in [0.4, 0.5) is 0 Å². The molecule has 0 aromatic heterocycles. The highest BCUT2D eigenvalue weighted by atomic mass is 32.2. The average molecular weight is 260 g/mol. The summed E-state index contributed by atoms with van der Waals surface area (Å²) < 4.78 is 23.3. The number of likely N-dealkylation sites (tertiary alicyclic amines) is 1. The van der Waals surface area contributed by atoms with Gasteiger partial charge in [0.05, 0.1) is 5.25 Å². The van der Waals surface area contributed by atoms with E-state index in [9.17, 15) is 8.42 Å². The van der Waals surface area contributed by atoms with Gasteiger partial charge in [-0.15, -0.1) is 0 Å². The number of rotatable bonds is 4. The Kier molecular flexibility index (Phi) is 4.10. The van der Waals surface area contributed by atoms with Gasteiger partial charge < -0.3 is 10.2 Å². The maximum atomic E-state index is 11.6. The molecule has 0 radical (unpaired) electrons. The first-order chi connectivity index (χ1) is 7.97. The molecule has 4 nitrogen and oxygen atoms in total. The van der Waals surface area contributed by atoms with Crippen LogP contribution in [0.2, 0.25) is 0 Å². The van der Waals surface area contributed by atoms with Gasteiger partial charge >= 0.3 is 0 Å². The van der Waals surface area contributed by atoms with Crippen LogP contribution in [-0.2, 0) is 9.84 Å². The molecule has 17 heavy (non-hydrogen) atoms. The molecule has 1 aliphatic carbocycles. The minimum absolute atomic E-state index is 0.151. The fourth-order valence-corrected chi connectivity index (χ4v) is 4.61. The van der Waals surface area contributed by atoms with E-state index >= 15 is 0 Å². The minimum atomic E-state index is -2.88. The molecule has 3 atom stereocenters. The first kappa shape index (κ1) is 13.3. The summed E-state index contributed by atoms with van der Waals surface area (Å²) in [6.45, 7) is 3.29. The molecule has 0 spiro atoms. The molecule has 5 heteroatoms. The summed E-state index contributed by atoms with van der Waals surface area (Å²) in [6, 6.07) is 0.191. The van der Waals surface area contributed by atoms with Crippen LogP contribution in [0.3, 0.4) is 0 Å². The second-order valence-corrected chi connectivity index (χ2v) is 8.00. The van der Waals surface area contributed by atoms with E-state index in [1.54, 1.807) is 0 Å². The van der Waals surface area contributed by atoms with Crippen LogP contribution in [0.5, 0.6) is 0 Å². The second kappa shape index (κ2) is 5.24. The van der Waals surface area contributed by atoms with E-state index < -0.39 is 9.84 Å². The van der Waals surface area contributed by atoms with E-state index in [1.165, 1.54) is 19.2 Å². The lowest BCUT2D eigenvalue weighted by Crippen LogP contribution is -2.42. The summed E-state index contributed by atoms with van der Waals surface area (Å²) in [5.41, 5.74) is 0. The zero-order valence-electron chi connectivity index (χ0n) is 10.9. The zero-order chi connectivity index (χ0) is 12.5. The molecule has 100 valence electrons. The van der Waals surface area contributed by atoms with E-state index in [0.29, 0.717) is 5.92 Å². The molecule has 2 rings (SSSR count). The van der Waals surface area contributed by atoms with E-state index in [4.69, 9.17) is 0 Å². The quantitative estimate of drug-likeness (QED) is 0.799. The van der Waals surface area contributed by atoms with Crippen molar-refractivity contribution < 1.29 is 8.42 Å². The van der Waals surface area contributed by atoms with Crippen molar-refractivity contribution in [1.82, 2.24) is 10.2 Å². The monoisotopic (exact) mass is 260 g/mol. The molecule has 1 saturated heterocycles. The molecule has 2 aliphatic rings. The first-order valence-corrected chi connectivity index (χ1v) is 8.53. The van der Waals surface area contributed by atoms with E-state index in [0.717, 1.165) is 32.4 Å². The Balaban J connectivity index is 1.82. The lowest BCUT2D eigenvalue weighted by Gasteiger charge is -2.21. The summed E-state index contributed by atoms with van der Waals surface area (Å²) in [5, 5.41) is 3.34. The van der Waals surface area contributed by atoms with Gasteiger partial charge in [-0.05, 0) is 45.3 Å². The molecule has 0 amide bonds. The minimum Gasteiger partial charge on any atom is -0.312 e. The van der Waals surface area contributed by atoms with Crippen molar-refractivity contribution in [3.05, 3.63) is 0 Å². The fraction of sp³-hybridized carbons (Fsp3) is 1.00.